The van der Waals surface area contributed by atoms with Gasteiger partial charge in [-0.3, -0.25) is 0 Å². The molecule has 0 aromatic carbocycles. The van der Waals surface area contributed by atoms with Crippen LogP contribution in [0.3, 0.4) is 0 Å². The van der Waals surface area contributed by atoms with Crippen LogP contribution in [0.15, 0.2) is 22.8 Å². The van der Waals surface area contributed by atoms with E-state index >= 15 is 0 Å². The molecule has 108 valence electrons. The smallest absolute Gasteiger partial charge is 0.106 e. The van der Waals surface area contributed by atoms with Gasteiger partial charge in [0.05, 0.1) is 5.69 Å². The lowest BCUT2D eigenvalue weighted by Crippen LogP contribution is -2.29. The second-order valence-corrected chi connectivity index (χ2v) is 5.72. The molecule has 0 saturated heterocycles. The summed E-state index contributed by atoms with van der Waals surface area (Å²) in [6.07, 6.45) is 2.46. The number of nitrogens with one attached hydrogen (secondary N) is 1. The van der Waals surface area contributed by atoms with Crippen molar-refractivity contribution in [2.24, 2.45) is 0 Å². The largest absolute Gasteiger partial charge is 0.309 e. The third-order valence-corrected chi connectivity index (χ3v) is 3.85. The van der Waals surface area contributed by atoms with E-state index in [1.165, 1.54) is 19.4 Å². The maximum Gasteiger partial charge on any atom is 0.106 e. The van der Waals surface area contributed by atoms with Crippen molar-refractivity contribution < 1.29 is 0 Å². The minimum absolute atomic E-state index is 0.538. The molecule has 0 spiro atoms. The number of pyridine rings is 1. The highest BCUT2D eigenvalue weighted by Gasteiger charge is 2.04. The Kier molecular flexibility index (Phi) is 8.26. The van der Waals surface area contributed by atoms with Crippen LogP contribution in [0.1, 0.15) is 39.3 Å². The number of nitrogens with zero attached hydrogens (tertiary/aromatic N) is 2. The molecule has 1 aromatic heterocycles. The normalized spacial score (nSPS) is 12.9. The fraction of sp³-hybridized carbons (Fsp3) is 0.667. The van der Waals surface area contributed by atoms with Crippen LogP contribution in [0.25, 0.3) is 0 Å². The summed E-state index contributed by atoms with van der Waals surface area (Å²) in [5.41, 5.74) is 1.09. The van der Waals surface area contributed by atoms with Crippen LogP contribution in [0.2, 0.25) is 0 Å². The van der Waals surface area contributed by atoms with Crippen LogP contribution < -0.4 is 5.32 Å². The Bertz CT molecular complexity index is 353. The van der Waals surface area contributed by atoms with Crippen LogP contribution in [-0.4, -0.2) is 35.6 Å². The van der Waals surface area contributed by atoms with E-state index in [1.54, 1.807) is 0 Å². The molecule has 0 amide bonds. The van der Waals surface area contributed by atoms with Crippen LogP contribution >= 0.6 is 15.9 Å². The average molecular weight is 328 g/mol. The van der Waals surface area contributed by atoms with Crippen molar-refractivity contribution >= 4 is 15.9 Å². The van der Waals surface area contributed by atoms with Gasteiger partial charge in [0.1, 0.15) is 4.60 Å². The lowest BCUT2D eigenvalue weighted by molar-refractivity contribution is 0.290. The van der Waals surface area contributed by atoms with Gasteiger partial charge in [-0.2, -0.15) is 0 Å². The molecule has 0 bridgehead atoms. The molecule has 0 radical (unpaired) electrons. The minimum atomic E-state index is 0.538. The van der Waals surface area contributed by atoms with Gasteiger partial charge >= 0.3 is 0 Å². The van der Waals surface area contributed by atoms with Gasteiger partial charge < -0.3 is 10.2 Å². The molecule has 3 nitrogen and oxygen atoms in total. The van der Waals surface area contributed by atoms with Crippen LogP contribution in [-0.2, 0) is 6.54 Å². The predicted molar refractivity (Wildman–Crippen MR) is 85.3 cm³/mol. The molecule has 0 saturated carbocycles. The quantitative estimate of drug-likeness (QED) is 0.704. The van der Waals surface area contributed by atoms with Crippen molar-refractivity contribution in [3.8, 4) is 0 Å². The third-order valence-electron chi connectivity index (χ3n) is 3.41. The fourth-order valence-electron chi connectivity index (χ4n) is 2.09. The predicted octanol–water partition coefficient (Wildman–Crippen LogP) is 3.44. The molecule has 4 heteroatoms. The number of hydrogen-bond acceptors (Lipinski definition) is 3. The van der Waals surface area contributed by atoms with Gasteiger partial charge in [0.15, 0.2) is 0 Å². The first-order valence-corrected chi connectivity index (χ1v) is 8.02. The molecule has 1 unspecified atom stereocenters. The Labute approximate surface area is 125 Å². The zero-order chi connectivity index (χ0) is 14.1. The summed E-state index contributed by atoms with van der Waals surface area (Å²) in [4.78, 5) is 6.90. The van der Waals surface area contributed by atoms with Gasteiger partial charge in [-0.25, -0.2) is 4.98 Å². The van der Waals surface area contributed by atoms with Gasteiger partial charge in [-0.05, 0) is 67.5 Å². The topological polar surface area (TPSA) is 28.2 Å². The molecular weight excluding hydrogens is 302 g/mol. The van der Waals surface area contributed by atoms with Gasteiger partial charge in [-0.15, -0.1) is 0 Å². The first-order chi connectivity index (χ1) is 9.15. The molecule has 0 aliphatic rings. The highest BCUT2D eigenvalue weighted by molar-refractivity contribution is 9.10. The Morgan fingerprint density at radius 1 is 1.32 bits per heavy atom. The molecular formula is C15H26BrN3. The summed E-state index contributed by atoms with van der Waals surface area (Å²) in [7, 11) is 0. The second-order valence-electron chi connectivity index (χ2n) is 4.90. The average Bonchev–Trinajstić information content (AvgIpc) is 2.41. The summed E-state index contributed by atoms with van der Waals surface area (Å²) in [6, 6.07) is 6.58. The maximum absolute atomic E-state index is 4.43. The monoisotopic (exact) mass is 327 g/mol. The maximum atomic E-state index is 4.43. The van der Waals surface area contributed by atoms with E-state index in [0.717, 1.165) is 29.9 Å². The number of rotatable bonds is 9. The zero-order valence-electron chi connectivity index (χ0n) is 12.3. The van der Waals surface area contributed by atoms with E-state index in [1.807, 2.05) is 12.1 Å². The van der Waals surface area contributed by atoms with E-state index < -0.39 is 0 Å². The van der Waals surface area contributed by atoms with E-state index in [-0.39, 0.29) is 0 Å². The molecule has 1 rings (SSSR count). The standard InChI is InChI=1S/C15H26BrN3/c1-4-19(5-2)11-7-8-13(3)17-12-14-9-6-10-15(16)18-14/h6,9-10,13,17H,4-5,7-8,11-12H2,1-3H3. The van der Waals surface area contributed by atoms with Gasteiger partial charge in [0.2, 0.25) is 0 Å². The number of hydrogen-bond donors (Lipinski definition) is 1. The second kappa shape index (κ2) is 9.45. The van der Waals surface area contributed by atoms with E-state index in [9.17, 15) is 0 Å². The summed E-state index contributed by atoms with van der Waals surface area (Å²) in [5.74, 6) is 0. The Morgan fingerprint density at radius 3 is 2.68 bits per heavy atom. The van der Waals surface area contributed by atoms with Crippen molar-refractivity contribution in [3.63, 3.8) is 0 Å². The molecule has 0 aliphatic heterocycles. The van der Waals surface area contributed by atoms with E-state index in [4.69, 9.17) is 0 Å². The number of aromatic nitrogens is 1. The fourth-order valence-corrected chi connectivity index (χ4v) is 2.47. The minimum Gasteiger partial charge on any atom is -0.309 e. The Morgan fingerprint density at radius 2 is 2.05 bits per heavy atom. The Balaban J connectivity index is 2.19. The SMILES string of the molecule is CCN(CC)CCCC(C)NCc1cccc(Br)n1. The van der Waals surface area contributed by atoms with Crippen molar-refractivity contribution in [3.05, 3.63) is 28.5 Å². The molecule has 1 aromatic rings. The van der Waals surface area contributed by atoms with E-state index in [2.05, 4.69) is 58.0 Å². The van der Waals surface area contributed by atoms with Gasteiger partial charge in [0.25, 0.3) is 0 Å². The van der Waals surface area contributed by atoms with Crippen LogP contribution in [0.5, 0.6) is 0 Å². The first kappa shape index (κ1) is 16.6. The van der Waals surface area contributed by atoms with Crippen LogP contribution in [0.4, 0.5) is 0 Å². The lowest BCUT2D eigenvalue weighted by atomic mass is 10.1. The summed E-state index contributed by atoms with van der Waals surface area (Å²) >= 11 is 3.40. The van der Waals surface area contributed by atoms with Gasteiger partial charge in [-0.1, -0.05) is 19.9 Å². The molecule has 0 aliphatic carbocycles. The zero-order valence-corrected chi connectivity index (χ0v) is 13.9. The third kappa shape index (κ3) is 7.04. The van der Waals surface area contributed by atoms with E-state index in [0.29, 0.717) is 6.04 Å². The molecule has 0 fully saturated rings. The van der Waals surface area contributed by atoms with Gasteiger partial charge in [0, 0.05) is 12.6 Å². The number of halogens is 1. The lowest BCUT2D eigenvalue weighted by Gasteiger charge is -2.19. The molecule has 1 heterocycles. The Hall–Kier alpha value is -0.450. The highest BCUT2D eigenvalue weighted by atomic mass is 79.9. The summed E-state index contributed by atoms with van der Waals surface area (Å²) < 4.78 is 0.904. The first-order valence-electron chi connectivity index (χ1n) is 7.22. The summed E-state index contributed by atoms with van der Waals surface area (Å²) in [6.45, 7) is 11.1. The highest BCUT2D eigenvalue weighted by Crippen LogP contribution is 2.07. The van der Waals surface area contributed by atoms with Crippen molar-refractivity contribution in [2.75, 3.05) is 19.6 Å². The van der Waals surface area contributed by atoms with Crippen molar-refractivity contribution in [1.82, 2.24) is 15.2 Å². The van der Waals surface area contributed by atoms with Crippen molar-refractivity contribution in [2.45, 2.75) is 46.2 Å². The molecule has 1 atom stereocenters. The molecule has 1 N–H and O–H groups in total. The summed E-state index contributed by atoms with van der Waals surface area (Å²) in [5, 5.41) is 3.53. The molecule has 19 heavy (non-hydrogen) atoms. The van der Waals surface area contributed by atoms with Crippen LogP contribution in [0, 0.1) is 0 Å². The van der Waals surface area contributed by atoms with Crippen molar-refractivity contribution in [1.29, 1.82) is 0 Å².